The lowest BCUT2D eigenvalue weighted by Gasteiger charge is -2.24. The van der Waals surface area contributed by atoms with Gasteiger partial charge in [0.25, 0.3) is 5.91 Å². The van der Waals surface area contributed by atoms with E-state index in [-0.39, 0.29) is 24.0 Å². The monoisotopic (exact) mass is 446 g/mol. The second-order valence-corrected chi connectivity index (χ2v) is 6.66. The van der Waals surface area contributed by atoms with Crippen LogP contribution in [0.25, 0.3) is 0 Å². The van der Waals surface area contributed by atoms with Crippen molar-refractivity contribution in [2.75, 3.05) is 6.54 Å². The molecule has 2 aliphatic rings. The molecule has 1 aliphatic carbocycles. The summed E-state index contributed by atoms with van der Waals surface area (Å²) in [6.07, 6.45) is 9.57. The zero-order valence-corrected chi connectivity index (χ0v) is 16.2. The first kappa shape index (κ1) is 19.0. The Morgan fingerprint density at radius 2 is 2.04 bits per heavy atom. The van der Waals surface area contributed by atoms with Gasteiger partial charge in [-0.3, -0.25) is 14.5 Å². The minimum atomic E-state index is -0.408. The van der Waals surface area contributed by atoms with E-state index in [1.54, 1.807) is 6.20 Å². The number of rotatable bonds is 4. The quantitative estimate of drug-likeness (QED) is 0.369. The number of hydrogen-bond donors (Lipinski definition) is 3. The van der Waals surface area contributed by atoms with Gasteiger partial charge < -0.3 is 16.8 Å². The normalized spacial score (nSPS) is 21.7. The highest BCUT2D eigenvalue weighted by Gasteiger charge is 2.24. The molecule has 0 spiro atoms. The van der Waals surface area contributed by atoms with Crippen LogP contribution in [0.15, 0.2) is 11.2 Å². The molecule has 0 saturated heterocycles. The van der Waals surface area contributed by atoms with Crippen molar-refractivity contribution in [1.29, 1.82) is 0 Å². The number of carbonyl (C=O) groups is 1. The molecule has 0 aromatic carbocycles. The van der Waals surface area contributed by atoms with Gasteiger partial charge in [0.05, 0.1) is 17.5 Å². The maximum atomic E-state index is 11.4. The van der Waals surface area contributed by atoms with Crippen molar-refractivity contribution in [2.24, 2.45) is 22.4 Å². The van der Waals surface area contributed by atoms with Gasteiger partial charge in [-0.25, -0.2) is 0 Å². The lowest BCUT2D eigenvalue weighted by atomic mass is 9.94. The molecule has 7 nitrogen and oxygen atoms in total. The zero-order chi connectivity index (χ0) is 16.2. The van der Waals surface area contributed by atoms with Crippen molar-refractivity contribution in [3.8, 4) is 0 Å². The van der Waals surface area contributed by atoms with Gasteiger partial charge in [0, 0.05) is 19.1 Å². The number of aromatic nitrogens is 2. The third kappa shape index (κ3) is 4.61. The number of halogens is 1. The first-order valence-electron chi connectivity index (χ1n) is 8.54. The van der Waals surface area contributed by atoms with E-state index < -0.39 is 5.91 Å². The molecule has 0 bridgehead atoms. The number of aliphatic imine (C=N–C) groups is 1. The molecule has 1 atom stereocenters. The number of guanidine groups is 1. The average molecular weight is 446 g/mol. The van der Waals surface area contributed by atoms with Gasteiger partial charge in [0.2, 0.25) is 0 Å². The summed E-state index contributed by atoms with van der Waals surface area (Å²) in [6, 6.07) is 0.474. The van der Waals surface area contributed by atoms with Crippen molar-refractivity contribution >= 4 is 35.8 Å². The smallest absolute Gasteiger partial charge is 0.252 e. The largest absolute Gasteiger partial charge is 0.370 e. The topological polar surface area (TPSA) is 111 Å². The summed E-state index contributed by atoms with van der Waals surface area (Å²) in [5, 5.41) is 7.57. The van der Waals surface area contributed by atoms with Crippen LogP contribution < -0.4 is 16.8 Å². The number of fused-ring (bicyclic) bond motifs is 1. The van der Waals surface area contributed by atoms with Crippen LogP contribution in [0, 0.1) is 5.92 Å². The SMILES string of the molecule is I.NC(=O)c1cnn2c1CC(CN=C(N)NC1CCCCC1)CC2. The van der Waals surface area contributed by atoms with Crippen molar-refractivity contribution < 1.29 is 4.79 Å². The summed E-state index contributed by atoms with van der Waals surface area (Å²) in [5.41, 5.74) is 12.9. The van der Waals surface area contributed by atoms with Gasteiger partial charge in [-0.2, -0.15) is 5.10 Å². The molecular formula is C16H27IN6O. The molecular weight excluding hydrogens is 419 g/mol. The minimum absolute atomic E-state index is 0. The zero-order valence-electron chi connectivity index (χ0n) is 13.9. The van der Waals surface area contributed by atoms with Crippen LogP contribution in [0.3, 0.4) is 0 Å². The summed E-state index contributed by atoms with van der Waals surface area (Å²) in [4.78, 5) is 16.0. The third-order valence-electron chi connectivity index (χ3n) is 4.92. The predicted octanol–water partition coefficient (Wildman–Crippen LogP) is 1.40. The van der Waals surface area contributed by atoms with Crippen LogP contribution in [-0.4, -0.2) is 34.2 Å². The summed E-state index contributed by atoms with van der Waals surface area (Å²) < 4.78 is 1.88. The number of carbonyl (C=O) groups excluding carboxylic acids is 1. The van der Waals surface area contributed by atoms with Crippen LogP contribution >= 0.6 is 24.0 Å². The molecule has 2 heterocycles. The molecule has 1 unspecified atom stereocenters. The number of amides is 1. The van der Waals surface area contributed by atoms with E-state index in [0.29, 0.717) is 30.0 Å². The molecule has 1 aromatic heterocycles. The lowest BCUT2D eigenvalue weighted by Crippen LogP contribution is -2.41. The Kier molecular flexibility index (Phi) is 6.88. The second-order valence-electron chi connectivity index (χ2n) is 6.66. The van der Waals surface area contributed by atoms with Gasteiger partial charge in [-0.1, -0.05) is 19.3 Å². The molecule has 24 heavy (non-hydrogen) atoms. The van der Waals surface area contributed by atoms with Crippen molar-refractivity contribution in [3.05, 3.63) is 17.5 Å². The van der Waals surface area contributed by atoms with Gasteiger partial charge in [-0.15, -0.1) is 24.0 Å². The van der Waals surface area contributed by atoms with Crippen LogP contribution in [0.2, 0.25) is 0 Å². The first-order valence-corrected chi connectivity index (χ1v) is 8.54. The Bertz CT molecular complexity index is 593. The molecule has 1 fully saturated rings. The van der Waals surface area contributed by atoms with E-state index >= 15 is 0 Å². The van der Waals surface area contributed by atoms with Gasteiger partial charge >= 0.3 is 0 Å². The minimum Gasteiger partial charge on any atom is -0.370 e. The number of nitrogens with one attached hydrogen (secondary N) is 1. The molecule has 1 amide bonds. The van der Waals surface area contributed by atoms with Gasteiger partial charge in [0.15, 0.2) is 5.96 Å². The fourth-order valence-corrected chi connectivity index (χ4v) is 3.59. The van der Waals surface area contributed by atoms with E-state index in [1.165, 1.54) is 32.1 Å². The summed E-state index contributed by atoms with van der Waals surface area (Å²) in [6.45, 7) is 1.48. The Hall–Kier alpha value is -1.32. The van der Waals surface area contributed by atoms with Crippen LogP contribution in [0.1, 0.15) is 54.6 Å². The number of nitrogens with two attached hydrogens (primary N) is 2. The Labute approximate surface area is 159 Å². The molecule has 0 radical (unpaired) electrons. The summed E-state index contributed by atoms with van der Waals surface area (Å²) in [5.74, 6) is 0.518. The summed E-state index contributed by atoms with van der Waals surface area (Å²) >= 11 is 0. The van der Waals surface area contributed by atoms with Gasteiger partial charge in [0.1, 0.15) is 0 Å². The highest BCUT2D eigenvalue weighted by atomic mass is 127. The first-order chi connectivity index (χ1) is 11.1. The Balaban J connectivity index is 0.00000208. The average Bonchev–Trinajstić information content (AvgIpc) is 2.97. The van der Waals surface area contributed by atoms with Crippen LogP contribution in [0.4, 0.5) is 0 Å². The van der Waals surface area contributed by atoms with E-state index in [0.717, 1.165) is 25.1 Å². The molecule has 1 aliphatic heterocycles. The highest BCUT2D eigenvalue weighted by Crippen LogP contribution is 2.23. The van der Waals surface area contributed by atoms with Gasteiger partial charge in [-0.05, 0) is 31.6 Å². The second kappa shape index (κ2) is 8.68. The predicted molar refractivity (Wildman–Crippen MR) is 104 cm³/mol. The van der Waals surface area contributed by atoms with E-state index in [4.69, 9.17) is 11.5 Å². The maximum absolute atomic E-state index is 11.4. The molecule has 3 rings (SSSR count). The fraction of sp³-hybridized carbons (Fsp3) is 0.688. The van der Waals surface area contributed by atoms with E-state index in [2.05, 4.69) is 15.4 Å². The van der Waals surface area contributed by atoms with Crippen molar-refractivity contribution in [3.63, 3.8) is 0 Å². The number of hydrogen-bond acceptors (Lipinski definition) is 3. The number of primary amides is 1. The molecule has 8 heteroatoms. The molecule has 5 N–H and O–H groups in total. The van der Waals surface area contributed by atoms with Crippen LogP contribution in [0.5, 0.6) is 0 Å². The molecule has 1 saturated carbocycles. The number of nitrogens with zero attached hydrogens (tertiary/aromatic N) is 3. The van der Waals surface area contributed by atoms with Crippen LogP contribution in [-0.2, 0) is 13.0 Å². The fourth-order valence-electron chi connectivity index (χ4n) is 3.59. The van der Waals surface area contributed by atoms with E-state index in [1.807, 2.05) is 4.68 Å². The Morgan fingerprint density at radius 1 is 1.29 bits per heavy atom. The highest BCUT2D eigenvalue weighted by molar-refractivity contribution is 14.0. The molecule has 134 valence electrons. The van der Waals surface area contributed by atoms with Crippen molar-refractivity contribution in [1.82, 2.24) is 15.1 Å². The van der Waals surface area contributed by atoms with E-state index in [9.17, 15) is 4.79 Å². The third-order valence-corrected chi connectivity index (χ3v) is 4.92. The summed E-state index contributed by atoms with van der Waals surface area (Å²) in [7, 11) is 0. The lowest BCUT2D eigenvalue weighted by molar-refractivity contribution is 0.0998. The maximum Gasteiger partial charge on any atom is 0.252 e. The van der Waals surface area contributed by atoms with Crippen molar-refractivity contribution in [2.45, 2.75) is 57.5 Å². The number of aryl methyl sites for hydroxylation is 1. The molecule has 1 aromatic rings. The Morgan fingerprint density at radius 3 is 2.75 bits per heavy atom. The standard InChI is InChI=1S/C16H26N6O.HI/c17-15(23)13-10-20-22-7-6-11(8-14(13)22)9-19-16(18)21-12-4-2-1-3-5-12;/h10-12H,1-9H2,(H2,17,23)(H3,18,19,21);1H.